The Hall–Kier alpha value is -0.790. The van der Waals surface area contributed by atoms with Gasteiger partial charge in [0.15, 0.2) is 0 Å². The molecule has 0 saturated heterocycles. The highest BCUT2D eigenvalue weighted by molar-refractivity contribution is 5.21. The summed E-state index contributed by atoms with van der Waals surface area (Å²) in [4.78, 5) is 4.88. The van der Waals surface area contributed by atoms with Gasteiger partial charge in [-0.25, -0.2) is 0 Å². The maximum atomic E-state index is 4.88. The van der Waals surface area contributed by atoms with Gasteiger partial charge in [-0.15, -0.1) is 0 Å². The number of oxime groups is 1. The molecule has 0 aromatic rings. The first-order valence-electron chi connectivity index (χ1n) is 4.90. The van der Waals surface area contributed by atoms with Crippen LogP contribution in [0.1, 0.15) is 47.5 Å². The van der Waals surface area contributed by atoms with Crippen molar-refractivity contribution in [2.75, 3.05) is 0 Å². The molecule has 0 aromatic carbocycles. The number of hydrogen-bond acceptors (Lipinski definition) is 2. The Morgan fingerprint density at radius 2 is 1.92 bits per heavy atom. The standard InChI is InChI=1S/C8H15NO.C3H8/c1-5-8(10-9-4)6-7(2)3;1-3-2/h5,7H,4,6H2,1-3H3;3H2,1-2H3/b8-5-;. The molecular weight excluding hydrogens is 162 g/mol. The molecule has 0 saturated carbocycles. The van der Waals surface area contributed by atoms with Crippen LogP contribution in [0.3, 0.4) is 0 Å². The van der Waals surface area contributed by atoms with Crippen molar-refractivity contribution in [3.05, 3.63) is 11.8 Å². The Morgan fingerprint density at radius 1 is 1.46 bits per heavy atom. The van der Waals surface area contributed by atoms with E-state index in [-0.39, 0.29) is 0 Å². The fourth-order valence-electron chi connectivity index (χ4n) is 0.693. The predicted octanol–water partition coefficient (Wildman–Crippen LogP) is 3.98. The number of nitrogens with zero attached hydrogens (tertiary/aromatic N) is 1. The molecule has 0 aromatic heterocycles. The van der Waals surface area contributed by atoms with Crippen molar-refractivity contribution in [1.29, 1.82) is 0 Å². The van der Waals surface area contributed by atoms with E-state index in [1.165, 1.54) is 6.42 Å². The van der Waals surface area contributed by atoms with Crippen LogP contribution in [0.15, 0.2) is 17.0 Å². The maximum absolute atomic E-state index is 4.88. The highest BCUT2D eigenvalue weighted by atomic mass is 16.6. The molecule has 2 nitrogen and oxygen atoms in total. The first kappa shape index (κ1) is 14.7. The summed E-state index contributed by atoms with van der Waals surface area (Å²) >= 11 is 0. The zero-order valence-electron chi connectivity index (χ0n) is 9.63. The largest absolute Gasteiger partial charge is 0.362 e. The summed E-state index contributed by atoms with van der Waals surface area (Å²) in [5.41, 5.74) is 0. The number of allylic oxidation sites excluding steroid dienone is 2. The van der Waals surface area contributed by atoms with Crippen molar-refractivity contribution in [1.82, 2.24) is 0 Å². The Balaban J connectivity index is 0. The van der Waals surface area contributed by atoms with Gasteiger partial charge < -0.3 is 4.84 Å². The normalized spacial score (nSPS) is 10.5. The lowest BCUT2D eigenvalue weighted by molar-refractivity contribution is 0.210. The first-order chi connectivity index (χ1) is 6.12. The molecule has 2 heteroatoms. The number of rotatable bonds is 4. The summed E-state index contributed by atoms with van der Waals surface area (Å²) in [7, 11) is 0. The van der Waals surface area contributed by atoms with Crippen LogP contribution in [-0.4, -0.2) is 6.72 Å². The smallest absolute Gasteiger partial charge is 0.131 e. The van der Waals surface area contributed by atoms with E-state index in [0.29, 0.717) is 5.92 Å². The summed E-state index contributed by atoms with van der Waals surface area (Å²) in [6.07, 6.45) is 4.09. The second-order valence-electron chi connectivity index (χ2n) is 3.28. The third kappa shape index (κ3) is 14.1. The summed E-state index contributed by atoms with van der Waals surface area (Å²) in [5, 5.41) is 3.34. The molecule has 0 atom stereocenters. The molecule has 0 radical (unpaired) electrons. The molecule has 0 spiro atoms. The maximum Gasteiger partial charge on any atom is 0.131 e. The van der Waals surface area contributed by atoms with Gasteiger partial charge in [0.1, 0.15) is 5.76 Å². The molecule has 0 fully saturated rings. The van der Waals surface area contributed by atoms with Gasteiger partial charge in [0.05, 0.1) is 0 Å². The van der Waals surface area contributed by atoms with E-state index in [1.54, 1.807) is 0 Å². The van der Waals surface area contributed by atoms with E-state index < -0.39 is 0 Å². The third-order valence-electron chi connectivity index (χ3n) is 1.11. The second-order valence-corrected chi connectivity index (χ2v) is 3.28. The van der Waals surface area contributed by atoms with Crippen LogP contribution >= 0.6 is 0 Å². The van der Waals surface area contributed by atoms with Gasteiger partial charge in [-0.1, -0.05) is 39.3 Å². The van der Waals surface area contributed by atoms with Crippen molar-refractivity contribution in [2.24, 2.45) is 11.1 Å². The summed E-state index contributed by atoms with van der Waals surface area (Å²) in [5.74, 6) is 1.50. The molecule has 0 unspecified atom stereocenters. The van der Waals surface area contributed by atoms with Crippen molar-refractivity contribution in [3.8, 4) is 0 Å². The number of hydrogen-bond donors (Lipinski definition) is 0. The van der Waals surface area contributed by atoms with Crippen LogP contribution in [0, 0.1) is 5.92 Å². The third-order valence-corrected chi connectivity index (χ3v) is 1.11. The molecule has 0 aliphatic rings. The van der Waals surface area contributed by atoms with Crippen LogP contribution in [0.25, 0.3) is 0 Å². The van der Waals surface area contributed by atoms with Gasteiger partial charge >= 0.3 is 0 Å². The Labute approximate surface area is 82.7 Å². The Bertz CT molecular complexity index is 139. The van der Waals surface area contributed by atoms with Crippen LogP contribution < -0.4 is 0 Å². The lowest BCUT2D eigenvalue weighted by atomic mass is 10.1. The minimum atomic E-state index is 0.605. The van der Waals surface area contributed by atoms with Gasteiger partial charge in [0, 0.05) is 13.1 Å². The van der Waals surface area contributed by atoms with Crippen LogP contribution in [-0.2, 0) is 4.84 Å². The second kappa shape index (κ2) is 11.2. The van der Waals surface area contributed by atoms with Gasteiger partial charge in [-0.3, -0.25) is 0 Å². The highest BCUT2D eigenvalue weighted by Gasteiger charge is 1.99. The minimum absolute atomic E-state index is 0.605. The first-order valence-corrected chi connectivity index (χ1v) is 4.90. The van der Waals surface area contributed by atoms with E-state index >= 15 is 0 Å². The molecule has 0 amide bonds. The molecule has 0 heterocycles. The molecule has 13 heavy (non-hydrogen) atoms. The van der Waals surface area contributed by atoms with Crippen LogP contribution in [0.5, 0.6) is 0 Å². The summed E-state index contributed by atoms with van der Waals surface area (Å²) in [6, 6.07) is 0. The lowest BCUT2D eigenvalue weighted by Gasteiger charge is -2.05. The Kier molecular flexibility index (Phi) is 12.7. The highest BCUT2D eigenvalue weighted by Crippen LogP contribution is 2.11. The van der Waals surface area contributed by atoms with E-state index in [1.807, 2.05) is 13.0 Å². The summed E-state index contributed by atoms with van der Waals surface area (Å²) in [6.45, 7) is 13.7. The zero-order valence-corrected chi connectivity index (χ0v) is 9.63. The fourth-order valence-corrected chi connectivity index (χ4v) is 0.693. The van der Waals surface area contributed by atoms with Crippen molar-refractivity contribution >= 4 is 6.72 Å². The summed E-state index contributed by atoms with van der Waals surface area (Å²) < 4.78 is 0. The van der Waals surface area contributed by atoms with E-state index in [4.69, 9.17) is 4.84 Å². The SMILES string of the molecule is C=NO/C(=C\C)CC(C)C.CCC. The molecule has 0 N–H and O–H groups in total. The average molecular weight is 185 g/mol. The van der Waals surface area contributed by atoms with E-state index in [9.17, 15) is 0 Å². The van der Waals surface area contributed by atoms with E-state index in [0.717, 1.165) is 12.2 Å². The van der Waals surface area contributed by atoms with Gasteiger partial charge in [0.25, 0.3) is 0 Å². The van der Waals surface area contributed by atoms with Gasteiger partial charge in [-0.2, -0.15) is 0 Å². The molecular formula is C11H23NO. The van der Waals surface area contributed by atoms with E-state index in [2.05, 4.69) is 39.6 Å². The van der Waals surface area contributed by atoms with Gasteiger partial charge in [0.2, 0.25) is 0 Å². The van der Waals surface area contributed by atoms with Crippen molar-refractivity contribution in [2.45, 2.75) is 47.5 Å². The fraction of sp³-hybridized carbons (Fsp3) is 0.727. The molecule has 0 rings (SSSR count). The van der Waals surface area contributed by atoms with Crippen LogP contribution in [0.4, 0.5) is 0 Å². The molecule has 78 valence electrons. The molecule has 0 aliphatic carbocycles. The lowest BCUT2D eigenvalue weighted by Crippen LogP contribution is -1.92. The topological polar surface area (TPSA) is 21.6 Å². The van der Waals surface area contributed by atoms with Gasteiger partial charge in [-0.05, 0) is 18.9 Å². The van der Waals surface area contributed by atoms with Crippen LogP contribution in [0.2, 0.25) is 0 Å². The Morgan fingerprint density at radius 3 is 2.15 bits per heavy atom. The molecule has 0 aliphatic heterocycles. The zero-order chi connectivity index (χ0) is 10.7. The monoisotopic (exact) mass is 185 g/mol. The molecule has 0 bridgehead atoms. The average Bonchev–Trinajstić information content (AvgIpc) is 2.04. The van der Waals surface area contributed by atoms with Crippen molar-refractivity contribution < 1.29 is 4.84 Å². The quantitative estimate of drug-likeness (QED) is 0.369. The van der Waals surface area contributed by atoms with Crippen molar-refractivity contribution in [3.63, 3.8) is 0 Å². The predicted molar refractivity (Wildman–Crippen MR) is 59.8 cm³/mol. The minimum Gasteiger partial charge on any atom is -0.362 e.